The molecule has 2 aromatic heterocycles. The van der Waals surface area contributed by atoms with Crippen molar-refractivity contribution in [1.29, 1.82) is 0 Å². The molecule has 0 aliphatic carbocycles. The summed E-state index contributed by atoms with van der Waals surface area (Å²) in [6.45, 7) is 0.739. The lowest BCUT2D eigenvalue weighted by Crippen LogP contribution is -2.37. The van der Waals surface area contributed by atoms with E-state index < -0.39 is 0 Å². The zero-order chi connectivity index (χ0) is 17.8. The molecule has 0 bridgehead atoms. The number of furan rings is 1. The van der Waals surface area contributed by atoms with Crippen molar-refractivity contribution in [2.24, 2.45) is 0 Å². The number of hydrogen-bond donors (Lipinski definition) is 1. The molecule has 6 heteroatoms. The number of aromatic nitrogens is 2. The number of hydrogen-bond acceptors (Lipinski definition) is 3. The maximum Gasteiger partial charge on any atom is 0.322 e. The molecule has 1 N–H and O–H groups in total. The quantitative estimate of drug-likeness (QED) is 0.750. The summed E-state index contributed by atoms with van der Waals surface area (Å²) in [5.41, 5.74) is 1.73. The molecule has 1 aliphatic heterocycles. The second kappa shape index (κ2) is 7.47. The second-order valence-electron chi connectivity index (χ2n) is 6.50. The highest BCUT2D eigenvalue weighted by Gasteiger charge is 2.28. The van der Waals surface area contributed by atoms with Gasteiger partial charge in [0.1, 0.15) is 5.76 Å². The smallest absolute Gasteiger partial charge is 0.322 e. The molecule has 1 aliphatic rings. The van der Waals surface area contributed by atoms with Gasteiger partial charge in [-0.2, -0.15) is 5.10 Å². The molecular weight excluding hydrogens is 328 g/mol. The van der Waals surface area contributed by atoms with Crippen LogP contribution in [0.25, 0.3) is 5.69 Å². The first-order valence-electron chi connectivity index (χ1n) is 9.02. The summed E-state index contributed by atoms with van der Waals surface area (Å²) >= 11 is 0. The van der Waals surface area contributed by atoms with Crippen LogP contribution in [0.1, 0.15) is 37.5 Å². The molecular formula is C20H22N4O2. The maximum absolute atomic E-state index is 12.9. The minimum Gasteiger partial charge on any atom is -0.467 e. The van der Waals surface area contributed by atoms with Gasteiger partial charge >= 0.3 is 6.03 Å². The molecule has 0 unspecified atom stereocenters. The van der Waals surface area contributed by atoms with Crippen molar-refractivity contribution >= 4 is 11.7 Å². The molecule has 0 spiro atoms. The fraction of sp³-hybridized carbons (Fsp3) is 0.300. The molecule has 3 heterocycles. The Labute approximate surface area is 152 Å². The fourth-order valence-corrected chi connectivity index (χ4v) is 3.44. The lowest BCUT2D eigenvalue weighted by atomic mass is 10.1. The zero-order valence-electron chi connectivity index (χ0n) is 14.5. The number of anilines is 1. The molecule has 26 heavy (non-hydrogen) atoms. The van der Waals surface area contributed by atoms with Gasteiger partial charge < -0.3 is 14.6 Å². The fourth-order valence-electron chi connectivity index (χ4n) is 3.44. The topological polar surface area (TPSA) is 63.3 Å². The lowest BCUT2D eigenvalue weighted by molar-refractivity contribution is 0.179. The van der Waals surface area contributed by atoms with Gasteiger partial charge in [-0.05, 0) is 55.3 Å². The third-order valence-corrected chi connectivity index (χ3v) is 4.77. The minimum absolute atomic E-state index is 0.00384. The number of urea groups is 1. The summed E-state index contributed by atoms with van der Waals surface area (Å²) in [7, 11) is 0. The Balaban J connectivity index is 1.49. The minimum atomic E-state index is -0.0832. The van der Waals surface area contributed by atoms with Crippen LogP contribution in [0.2, 0.25) is 0 Å². The SMILES string of the molecule is O=C(Nc1ccc(-n2cccn2)cc1)N1CCCCC[C@H]1c1ccco1. The molecule has 0 radical (unpaired) electrons. The third kappa shape index (κ3) is 3.49. The standard InChI is InChI=1S/C20H22N4O2/c25-20(22-16-8-10-17(11-9-16)24-14-5-12-21-24)23-13-3-1-2-6-18(23)19-7-4-15-26-19/h4-5,7-12,14-15,18H,1-3,6,13H2,(H,22,25)/t18-/m0/s1. The molecule has 3 aromatic rings. The first-order valence-corrected chi connectivity index (χ1v) is 9.02. The number of carbonyl (C=O) groups is 1. The number of rotatable bonds is 3. The van der Waals surface area contributed by atoms with Crippen molar-refractivity contribution in [1.82, 2.24) is 14.7 Å². The largest absolute Gasteiger partial charge is 0.467 e. The summed E-state index contributed by atoms with van der Waals surface area (Å²) in [5.74, 6) is 0.857. The van der Waals surface area contributed by atoms with Crippen molar-refractivity contribution in [3.8, 4) is 5.69 Å². The van der Waals surface area contributed by atoms with Gasteiger partial charge in [0.05, 0.1) is 18.0 Å². The van der Waals surface area contributed by atoms with E-state index >= 15 is 0 Å². The monoisotopic (exact) mass is 350 g/mol. The molecule has 1 aromatic carbocycles. The van der Waals surface area contributed by atoms with Crippen LogP contribution in [0.3, 0.4) is 0 Å². The van der Waals surface area contributed by atoms with E-state index in [-0.39, 0.29) is 12.1 Å². The van der Waals surface area contributed by atoms with Gasteiger partial charge in [0.2, 0.25) is 0 Å². The van der Waals surface area contributed by atoms with Crippen LogP contribution >= 0.6 is 0 Å². The van der Waals surface area contributed by atoms with Crippen molar-refractivity contribution < 1.29 is 9.21 Å². The highest BCUT2D eigenvalue weighted by atomic mass is 16.3. The Hall–Kier alpha value is -3.02. The first kappa shape index (κ1) is 16.4. The van der Waals surface area contributed by atoms with Crippen LogP contribution in [-0.2, 0) is 0 Å². The Morgan fingerprint density at radius 3 is 2.73 bits per heavy atom. The highest BCUT2D eigenvalue weighted by Crippen LogP contribution is 2.31. The van der Waals surface area contributed by atoms with Crippen LogP contribution < -0.4 is 5.32 Å². The average molecular weight is 350 g/mol. The van der Waals surface area contributed by atoms with Crippen LogP contribution in [0.4, 0.5) is 10.5 Å². The van der Waals surface area contributed by atoms with E-state index in [1.807, 2.05) is 53.6 Å². The van der Waals surface area contributed by atoms with Gasteiger partial charge in [-0.3, -0.25) is 0 Å². The molecule has 6 nitrogen and oxygen atoms in total. The van der Waals surface area contributed by atoms with Crippen molar-refractivity contribution in [3.05, 3.63) is 66.9 Å². The van der Waals surface area contributed by atoms with Gasteiger partial charge in [0, 0.05) is 24.6 Å². The number of likely N-dealkylation sites (tertiary alicyclic amines) is 1. The Kier molecular flexibility index (Phi) is 4.73. The molecule has 134 valence electrons. The van der Waals surface area contributed by atoms with Crippen molar-refractivity contribution in [3.63, 3.8) is 0 Å². The summed E-state index contributed by atoms with van der Waals surface area (Å²) in [5, 5.41) is 7.23. The average Bonchev–Trinajstić information content (AvgIpc) is 3.33. The number of carbonyl (C=O) groups excluding carboxylic acids is 1. The van der Waals surface area contributed by atoms with Crippen LogP contribution in [-0.4, -0.2) is 27.3 Å². The van der Waals surface area contributed by atoms with E-state index in [9.17, 15) is 4.79 Å². The van der Waals surface area contributed by atoms with E-state index in [0.717, 1.165) is 49.4 Å². The maximum atomic E-state index is 12.9. The van der Waals surface area contributed by atoms with Crippen LogP contribution in [0, 0.1) is 0 Å². The normalized spacial score (nSPS) is 17.7. The molecule has 1 fully saturated rings. The molecule has 1 saturated heterocycles. The molecule has 2 amide bonds. The Bertz CT molecular complexity index is 825. The van der Waals surface area contributed by atoms with E-state index in [0.29, 0.717) is 0 Å². The number of nitrogens with zero attached hydrogens (tertiary/aromatic N) is 3. The number of benzene rings is 1. The van der Waals surface area contributed by atoms with E-state index in [1.54, 1.807) is 17.1 Å². The van der Waals surface area contributed by atoms with Gasteiger partial charge in [-0.25, -0.2) is 9.48 Å². The van der Waals surface area contributed by atoms with Crippen LogP contribution in [0.15, 0.2) is 65.5 Å². The summed E-state index contributed by atoms with van der Waals surface area (Å²) in [4.78, 5) is 14.8. The van der Waals surface area contributed by atoms with Gasteiger partial charge in [0.25, 0.3) is 0 Å². The zero-order valence-corrected chi connectivity index (χ0v) is 14.5. The van der Waals surface area contributed by atoms with E-state index in [1.165, 1.54) is 0 Å². The van der Waals surface area contributed by atoms with Crippen molar-refractivity contribution in [2.45, 2.75) is 31.7 Å². The first-order chi connectivity index (χ1) is 12.8. The van der Waals surface area contributed by atoms with E-state index in [4.69, 9.17) is 4.42 Å². The van der Waals surface area contributed by atoms with Gasteiger partial charge in [-0.15, -0.1) is 0 Å². The molecule has 4 rings (SSSR count). The summed E-state index contributed by atoms with van der Waals surface area (Å²) in [6.07, 6.45) is 9.49. The van der Waals surface area contributed by atoms with Crippen molar-refractivity contribution in [2.75, 3.05) is 11.9 Å². The predicted octanol–water partition coefficient (Wildman–Crippen LogP) is 4.61. The van der Waals surface area contributed by atoms with Gasteiger partial charge in [-0.1, -0.05) is 12.8 Å². The third-order valence-electron chi connectivity index (χ3n) is 4.77. The highest BCUT2D eigenvalue weighted by molar-refractivity contribution is 5.89. The second-order valence-corrected chi connectivity index (χ2v) is 6.50. The molecule has 0 saturated carbocycles. The number of amides is 2. The Morgan fingerprint density at radius 2 is 2.00 bits per heavy atom. The summed E-state index contributed by atoms with van der Waals surface area (Å²) in [6, 6.07) is 13.3. The predicted molar refractivity (Wildman–Crippen MR) is 99.2 cm³/mol. The lowest BCUT2D eigenvalue weighted by Gasteiger charge is -2.28. The number of nitrogens with one attached hydrogen (secondary N) is 1. The van der Waals surface area contributed by atoms with Crippen LogP contribution in [0.5, 0.6) is 0 Å². The molecule has 1 atom stereocenters. The Morgan fingerprint density at radius 1 is 1.12 bits per heavy atom. The summed E-state index contributed by atoms with van der Waals surface area (Å²) < 4.78 is 7.37. The van der Waals surface area contributed by atoms with Gasteiger partial charge in [0.15, 0.2) is 0 Å². The van der Waals surface area contributed by atoms with E-state index in [2.05, 4.69) is 10.4 Å².